The van der Waals surface area contributed by atoms with Crippen molar-refractivity contribution in [1.82, 2.24) is 15.2 Å². The Bertz CT molecular complexity index is 1070. The van der Waals surface area contributed by atoms with Gasteiger partial charge in [0.15, 0.2) is 0 Å². The van der Waals surface area contributed by atoms with Crippen molar-refractivity contribution in [3.8, 4) is 11.7 Å². The number of oxazole rings is 1. The van der Waals surface area contributed by atoms with Crippen molar-refractivity contribution in [1.29, 1.82) is 0 Å². The van der Waals surface area contributed by atoms with Gasteiger partial charge in [0.1, 0.15) is 0 Å². The summed E-state index contributed by atoms with van der Waals surface area (Å²) in [5, 5.41) is 9.90. The Kier molecular flexibility index (Phi) is 6.33. The van der Waals surface area contributed by atoms with Crippen LogP contribution in [-0.4, -0.2) is 42.4 Å². The summed E-state index contributed by atoms with van der Waals surface area (Å²) in [6.07, 6.45) is -1.67. The molecule has 2 heterocycles. The highest BCUT2D eigenvalue weighted by Crippen LogP contribution is 2.25. The van der Waals surface area contributed by atoms with Crippen LogP contribution in [0.25, 0.3) is 11.7 Å². The molecule has 0 aliphatic carbocycles. The lowest BCUT2D eigenvalue weighted by molar-refractivity contribution is 0.115. The summed E-state index contributed by atoms with van der Waals surface area (Å²) in [4.78, 5) is 3.93. The molecule has 0 spiro atoms. The summed E-state index contributed by atoms with van der Waals surface area (Å²) in [6, 6.07) is 6.52. The van der Waals surface area contributed by atoms with Gasteiger partial charge in [-0.15, -0.1) is 10.2 Å². The minimum Gasteiger partial charge on any atom is -0.418 e. The molecule has 29 heavy (non-hydrogen) atoms. The van der Waals surface area contributed by atoms with E-state index in [9.17, 15) is 17.2 Å². The van der Waals surface area contributed by atoms with E-state index in [0.29, 0.717) is 10.7 Å². The van der Waals surface area contributed by atoms with E-state index in [2.05, 4.69) is 20.5 Å². The number of aromatic nitrogens is 3. The zero-order chi connectivity index (χ0) is 21.0. The largest absolute Gasteiger partial charge is 0.418 e. The summed E-state index contributed by atoms with van der Waals surface area (Å²) in [6.45, 7) is 1.76. The number of hydrogen-bond acceptors (Lipinski definition) is 8. The molecular formula is C16H16ClF2N5O4S. The van der Waals surface area contributed by atoms with Gasteiger partial charge in [-0.25, -0.2) is 13.4 Å². The number of anilines is 2. The molecule has 0 saturated carbocycles. The number of nitrogens with zero attached hydrogens (tertiary/aromatic N) is 4. The molecule has 0 fully saturated rings. The highest BCUT2D eigenvalue weighted by Gasteiger charge is 2.22. The number of alkyl halides is 2. The zero-order valence-corrected chi connectivity index (χ0v) is 16.6. The quantitative estimate of drug-likeness (QED) is 0.529. The maximum Gasteiger partial charge on any atom is 0.314 e. The normalized spacial score (nSPS) is 11.8. The Morgan fingerprint density at radius 3 is 2.72 bits per heavy atom. The molecule has 1 aromatic carbocycles. The van der Waals surface area contributed by atoms with Crippen molar-refractivity contribution in [2.75, 3.05) is 28.5 Å². The number of rotatable bonds is 9. The Morgan fingerprint density at radius 2 is 2.07 bits per heavy atom. The van der Waals surface area contributed by atoms with Gasteiger partial charge in [0.25, 0.3) is 17.8 Å². The smallest absolute Gasteiger partial charge is 0.314 e. The molecule has 3 rings (SSSR count). The van der Waals surface area contributed by atoms with Crippen molar-refractivity contribution >= 4 is 33.3 Å². The standard InChI is InChI=1S/C16H16ClF2N5O4S/c1-2-29(25,26)24(11-5-3-4-10(17)8-11)7-6-20-16-21-9-12(27-16)14-22-23-15(28-14)13(18)19/h3-5,8-9,13H,2,6-7H2,1H3,(H,20,21). The molecule has 0 unspecified atom stereocenters. The van der Waals surface area contributed by atoms with Crippen LogP contribution in [-0.2, 0) is 10.0 Å². The van der Waals surface area contributed by atoms with Crippen molar-refractivity contribution in [3.05, 3.63) is 41.4 Å². The molecule has 0 radical (unpaired) electrons. The van der Waals surface area contributed by atoms with E-state index < -0.39 is 22.3 Å². The molecule has 0 bridgehead atoms. The fraction of sp³-hybridized carbons (Fsp3) is 0.312. The molecule has 1 N–H and O–H groups in total. The first-order valence-electron chi connectivity index (χ1n) is 8.37. The SMILES string of the molecule is CCS(=O)(=O)N(CCNc1ncc(-c2nnc(C(F)F)o2)o1)c1cccc(Cl)c1. The van der Waals surface area contributed by atoms with Crippen molar-refractivity contribution in [3.63, 3.8) is 0 Å². The van der Waals surface area contributed by atoms with E-state index in [-0.39, 0.29) is 36.5 Å². The van der Waals surface area contributed by atoms with Gasteiger partial charge in [-0.1, -0.05) is 17.7 Å². The van der Waals surface area contributed by atoms with Gasteiger partial charge in [0.2, 0.25) is 15.8 Å². The fourth-order valence-corrected chi connectivity index (χ4v) is 3.66. The second-order valence-electron chi connectivity index (χ2n) is 5.66. The Morgan fingerprint density at radius 1 is 1.28 bits per heavy atom. The monoisotopic (exact) mass is 447 g/mol. The second-order valence-corrected chi connectivity index (χ2v) is 8.27. The second kappa shape index (κ2) is 8.74. The molecule has 9 nitrogen and oxygen atoms in total. The van der Waals surface area contributed by atoms with Crippen LogP contribution in [0.4, 0.5) is 20.5 Å². The fourth-order valence-electron chi connectivity index (χ4n) is 2.36. The van der Waals surface area contributed by atoms with Gasteiger partial charge < -0.3 is 14.2 Å². The summed E-state index contributed by atoms with van der Waals surface area (Å²) in [5.74, 6) is -1.16. The number of nitrogens with one attached hydrogen (secondary N) is 1. The minimum atomic E-state index is -3.55. The highest BCUT2D eigenvalue weighted by atomic mass is 35.5. The van der Waals surface area contributed by atoms with Crippen LogP contribution >= 0.6 is 11.6 Å². The molecular weight excluding hydrogens is 432 g/mol. The van der Waals surface area contributed by atoms with Gasteiger partial charge in [-0.2, -0.15) is 8.78 Å². The average Bonchev–Trinajstić information content (AvgIpc) is 3.34. The number of benzene rings is 1. The summed E-state index contributed by atoms with van der Waals surface area (Å²) in [7, 11) is -3.55. The third kappa shape index (κ3) is 5.01. The predicted octanol–water partition coefficient (Wildman–Crippen LogP) is 3.58. The van der Waals surface area contributed by atoms with Gasteiger partial charge in [-0.05, 0) is 25.1 Å². The molecule has 156 valence electrons. The molecule has 0 saturated heterocycles. The lowest BCUT2D eigenvalue weighted by Gasteiger charge is -2.24. The van der Waals surface area contributed by atoms with E-state index in [1.54, 1.807) is 31.2 Å². The van der Waals surface area contributed by atoms with Crippen LogP contribution in [0.15, 0.2) is 39.3 Å². The van der Waals surface area contributed by atoms with Crippen LogP contribution in [0.5, 0.6) is 0 Å². The lowest BCUT2D eigenvalue weighted by atomic mass is 10.3. The number of sulfonamides is 1. The van der Waals surface area contributed by atoms with E-state index in [1.807, 2.05) is 0 Å². The van der Waals surface area contributed by atoms with Crippen LogP contribution < -0.4 is 9.62 Å². The first-order valence-corrected chi connectivity index (χ1v) is 10.4. The van der Waals surface area contributed by atoms with Crippen molar-refractivity contribution < 1.29 is 26.0 Å². The summed E-state index contributed by atoms with van der Waals surface area (Å²) >= 11 is 5.97. The third-order valence-electron chi connectivity index (χ3n) is 3.73. The van der Waals surface area contributed by atoms with Gasteiger partial charge >= 0.3 is 6.43 Å². The third-order valence-corrected chi connectivity index (χ3v) is 5.76. The minimum absolute atomic E-state index is 0.000206. The van der Waals surface area contributed by atoms with E-state index in [1.165, 1.54) is 10.5 Å². The Labute approximate surface area is 169 Å². The molecule has 13 heteroatoms. The van der Waals surface area contributed by atoms with Gasteiger partial charge in [0, 0.05) is 11.6 Å². The zero-order valence-electron chi connectivity index (χ0n) is 15.0. The Hall–Kier alpha value is -2.73. The van der Waals surface area contributed by atoms with Gasteiger partial charge in [-0.3, -0.25) is 4.31 Å². The average molecular weight is 448 g/mol. The molecule has 2 aromatic heterocycles. The van der Waals surface area contributed by atoms with Gasteiger partial charge in [0.05, 0.1) is 24.2 Å². The molecule has 3 aromatic rings. The van der Waals surface area contributed by atoms with Crippen LogP contribution in [0.3, 0.4) is 0 Å². The van der Waals surface area contributed by atoms with E-state index in [4.69, 9.17) is 20.4 Å². The van der Waals surface area contributed by atoms with E-state index in [0.717, 1.165) is 0 Å². The topological polar surface area (TPSA) is 114 Å². The van der Waals surface area contributed by atoms with Crippen molar-refractivity contribution in [2.24, 2.45) is 0 Å². The van der Waals surface area contributed by atoms with Crippen LogP contribution in [0.1, 0.15) is 19.2 Å². The number of halogens is 3. The molecule has 0 amide bonds. The molecule has 0 atom stereocenters. The first kappa shape index (κ1) is 21.0. The van der Waals surface area contributed by atoms with Crippen molar-refractivity contribution in [2.45, 2.75) is 13.3 Å². The molecule has 0 aliphatic heterocycles. The Balaban J connectivity index is 1.68. The maximum absolute atomic E-state index is 12.5. The first-order chi connectivity index (χ1) is 13.8. The summed E-state index contributed by atoms with van der Waals surface area (Å²) < 4.78 is 61.2. The maximum atomic E-state index is 12.5. The predicted molar refractivity (Wildman–Crippen MR) is 102 cm³/mol. The molecule has 0 aliphatic rings. The lowest BCUT2D eigenvalue weighted by Crippen LogP contribution is -2.36. The highest BCUT2D eigenvalue weighted by molar-refractivity contribution is 7.92. The summed E-state index contributed by atoms with van der Waals surface area (Å²) in [5.41, 5.74) is 0.430. The number of hydrogen-bond donors (Lipinski definition) is 1. The van der Waals surface area contributed by atoms with E-state index >= 15 is 0 Å². The van der Waals surface area contributed by atoms with Crippen LogP contribution in [0.2, 0.25) is 5.02 Å². The van der Waals surface area contributed by atoms with Crippen LogP contribution in [0, 0.1) is 0 Å².